The van der Waals surface area contributed by atoms with Gasteiger partial charge in [0.1, 0.15) is 17.0 Å². The van der Waals surface area contributed by atoms with Crippen LogP contribution in [0.15, 0.2) is 71.9 Å². The van der Waals surface area contributed by atoms with Crippen molar-refractivity contribution >= 4 is 30.0 Å². The van der Waals surface area contributed by atoms with Crippen molar-refractivity contribution in [3.05, 3.63) is 94.2 Å². The van der Waals surface area contributed by atoms with Gasteiger partial charge in [0.2, 0.25) is 0 Å². The first-order chi connectivity index (χ1) is 17.5. The van der Waals surface area contributed by atoms with Crippen molar-refractivity contribution in [1.82, 2.24) is 9.78 Å². The van der Waals surface area contributed by atoms with Crippen LogP contribution in [0.2, 0.25) is 0 Å². The average molecular weight is 480 g/mol. The smallest absolute Gasteiger partial charge is 0.161 e. The maximum Gasteiger partial charge on any atom is 0.161 e. The van der Waals surface area contributed by atoms with E-state index in [1.807, 2.05) is 60.2 Å². The molecule has 36 heavy (non-hydrogen) atoms. The summed E-state index contributed by atoms with van der Waals surface area (Å²) in [5.74, 6) is 7.21. The molecule has 1 aliphatic carbocycles. The summed E-state index contributed by atoms with van der Waals surface area (Å²) < 4.78 is 12.3. The van der Waals surface area contributed by atoms with E-state index in [2.05, 4.69) is 17.0 Å². The van der Waals surface area contributed by atoms with Gasteiger partial charge < -0.3 is 14.6 Å². The lowest BCUT2D eigenvalue weighted by molar-refractivity contribution is 0.373. The maximum absolute atomic E-state index is 10.9. The van der Waals surface area contributed by atoms with Crippen molar-refractivity contribution in [2.24, 2.45) is 5.18 Å². The van der Waals surface area contributed by atoms with Crippen molar-refractivity contribution in [1.29, 1.82) is 0 Å². The predicted octanol–water partition coefficient (Wildman–Crippen LogP) is 6.19. The summed E-state index contributed by atoms with van der Waals surface area (Å²) in [4.78, 5) is 10.9. The molecule has 0 saturated heterocycles. The number of nitrogens with zero attached hydrogens (tertiary/aromatic N) is 3. The molecule has 2 aromatic carbocycles. The molecular formula is C29H25N3O4. The molecule has 0 radical (unpaired) electrons. The minimum absolute atomic E-state index is 0.0829. The molecule has 1 aromatic heterocycles. The molecule has 1 unspecified atom stereocenters. The molecule has 1 aliphatic rings. The Morgan fingerprint density at radius 2 is 1.69 bits per heavy atom. The highest BCUT2D eigenvalue weighted by atomic mass is 16.5. The molecule has 0 aliphatic heterocycles. The molecule has 0 amide bonds. The number of phenolic OH excluding ortho intramolecular Hbond substituents is 1. The van der Waals surface area contributed by atoms with E-state index in [-0.39, 0.29) is 11.4 Å². The highest BCUT2D eigenvalue weighted by Crippen LogP contribution is 2.30. The first-order valence-corrected chi connectivity index (χ1v) is 11.2. The Labute approximate surface area is 209 Å². The summed E-state index contributed by atoms with van der Waals surface area (Å²) in [6, 6.07) is 12.3. The van der Waals surface area contributed by atoms with Gasteiger partial charge in [-0.25, -0.2) is 4.68 Å². The van der Waals surface area contributed by atoms with E-state index in [1.165, 1.54) is 14.2 Å². The second kappa shape index (κ2) is 10.6. The Morgan fingerprint density at radius 3 is 2.44 bits per heavy atom. The number of aromatic hydroxyl groups is 1. The Bertz CT molecular complexity index is 1470. The van der Waals surface area contributed by atoms with Crippen LogP contribution >= 0.6 is 0 Å². The summed E-state index contributed by atoms with van der Waals surface area (Å²) in [6.07, 6.45) is 15.3. The minimum Gasteiger partial charge on any atom is -0.504 e. The number of ether oxygens (including phenoxy) is 2. The molecule has 1 heterocycles. The summed E-state index contributed by atoms with van der Waals surface area (Å²) in [7, 11) is 3.01. The third-order valence-corrected chi connectivity index (χ3v) is 5.63. The summed E-state index contributed by atoms with van der Waals surface area (Å²) in [6.45, 7) is 2.00. The minimum atomic E-state index is -0.664. The molecule has 0 fully saturated rings. The van der Waals surface area contributed by atoms with Crippen molar-refractivity contribution in [2.75, 3.05) is 14.2 Å². The lowest BCUT2D eigenvalue weighted by atomic mass is 10.0. The van der Waals surface area contributed by atoms with Gasteiger partial charge in [-0.05, 0) is 77.9 Å². The van der Waals surface area contributed by atoms with Crippen molar-refractivity contribution in [2.45, 2.75) is 12.5 Å². The molecule has 7 nitrogen and oxygen atoms in total. The number of benzene rings is 2. The number of allylic oxidation sites excluding steroid dienone is 4. The summed E-state index contributed by atoms with van der Waals surface area (Å²) in [5.41, 5.74) is 2.85. The number of nitroso groups, excluding NO2 is 1. The van der Waals surface area contributed by atoms with Gasteiger partial charge in [-0.1, -0.05) is 48.3 Å². The van der Waals surface area contributed by atoms with Gasteiger partial charge >= 0.3 is 0 Å². The number of phenols is 1. The standard InChI is InChI=1S/C29H25N3O4/c1-29(16-6-4-5-7-17-29)32-24(13-9-22-11-15-26(33)28(19-22)36-3)20-23(30-32)12-8-21-10-14-25(31-34)27(18-21)35-2/h4-6,8-16,18-20,33H,1-3H3/b12-8+,13-9+. The number of hydrogen-bond donors (Lipinski definition) is 1. The molecule has 1 atom stereocenters. The van der Waals surface area contributed by atoms with Crippen LogP contribution in [0, 0.1) is 16.7 Å². The van der Waals surface area contributed by atoms with Crippen LogP contribution in [0.5, 0.6) is 17.2 Å². The van der Waals surface area contributed by atoms with Crippen LogP contribution < -0.4 is 9.47 Å². The lowest BCUT2D eigenvalue weighted by Gasteiger charge is -2.21. The molecule has 3 aromatic rings. The van der Waals surface area contributed by atoms with Gasteiger partial charge in [0.25, 0.3) is 0 Å². The number of methoxy groups -OCH3 is 2. The fraction of sp³-hybridized carbons (Fsp3) is 0.138. The quantitative estimate of drug-likeness (QED) is 0.308. The summed E-state index contributed by atoms with van der Waals surface area (Å²) >= 11 is 0. The maximum atomic E-state index is 10.9. The molecule has 4 rings (SSSR count). The third kappa shape index (κ3) is 5.29. The average Bonchev–Trinajstić information content (AvgIpc) is 3.19. The zero-order valence-electron chi connectivity index (χ0n) is 20.2. The van der Waals surface area contributed by atoms with Gasteiger partial charge in [-0.3, -0.25) is 0 Å². The van der Waals surface area contributed by atoms with Gasteiger partial charge in [0.05, 0.1) is 25.6 Å². The van der Waals surface area contributed by atoms with E-state index < -0.39 is 5.54 Å². The van der Waals surface area contributed by atoms with Gasteiger partial charge in [-0.2, -0.15) is 5.10 Å². The van der Waals surface area contributed by atoms with E-state index >= 15 is 0 Å². The van der Waals surface area contributed by atoms with Crippen LogP contribution in [0.3, 0.4) is 0 Å². The zero-order valence-corrected chi connectivity index (χ0v) is 20.2. The lowest BCUT2D eigenvalue weighted by Crippen LogP contribution is -2.28. The summed E-state index contributed by atoms with van der Waals surface area (Å²) in [5, 5.41) is 17.7. The van der Waals surface area contributed by atoms with E-state index in [0.29, 0.717) is 11.5 Å². The van der Waals surface area contributed by atoms with E-state index in [4.69, 9.17) is 14.6 Å². The Balaban J connectivity index is 1.72. The predicted molar refractivity (Wildman–Crippen MR) is 143 cm³/mol. The van der Waals surface area contributed by atoms with Crippen LogP contribution in [0.25, 0.3) is 24.3 Å². The molecule has 0 spiro atoms. The fourth-order valence-electron chi connectivity index (χ4n) is 3.72. The second-order valence-electron chi connectivity index (χ2n) is 8.16. The van der Waals surface area contributed by atoms with E-state index in [9.17, 15) is 10.0 Å². The van der Waals surface area contributed by atoms with Crippen molar-refractivity contribution in [3.8, 4) is 29.1 Å². The number of rotatable bonds is 8. The molecule has 0 bridgehead atoms. The van der Waals surface area contributed by atoms with Crippen LogP contribution in [-0.4, -0.2) is 29.1 Å². The van der Waals surface area contributed by atoms with Crippen LogP contribution in [-0.2, 0) is 5.54 Å². The fourth-order valence-corrected chi connectivity index (χ4v) is 3.72. The van der Waals surface area contributed by atoms with Crippen LogP contribution in [0.4, 0.5) is 5.69 Å². The largest absolute Gasteiger partial charge is 0.504 e. The van der Waals surface area contributed by atoms with Gasteiger partial charge in [-0.15, -0.1) is 4.91 Å². The van der Waals surface area contributed by atoms with Gasteiger partial charge in [0.15, 0.2) is 11.5 Å². The molecular weight excluding hydrogens is 454 g/mol. The monoisotopic (exact) mass is 479 g/mol. The third-order valence-electron chi connectivity index (χ3n) is 5.63. The SMILES string of the molecule is COc1cc(/C=C/c2cc(/C=C/c3ccc(N=O)c(OC)c3)nn2C2(C)C#CC=CC=C2)ccc1O. The number of aromatic nitrogens is 2. The highest BCUT2D eigenvalue weighted by Gasteiger charge is 2.24. The Morgan fingerprint density at radius 1 is 0.972 bits per heavy atom. The molecule has 1 N–H and O–H groups in total. The first kappa shape index (κ1) is 24.3. The highest BCUT2D eigenvalue weighted by molar-refractivity contribution is 5.74. The van der Waals surface area contributed by atoms with E-state index in [1.54, 1.807) is 42.5 Å². The molecule has 7 heteroatoms. The first-order valence-electron chi connectivity index (χ1n) is 11.2. The van der Waals surface area contributed by atoms with Crippen LogP contribution in [0.1, 0.15) is 29.4 Å². The number of hydrogen-bond acceptors (Lipinski definition) is 6. The van der Waals surface area contributed by atoms with Gasteiger partial charge in [0, 0.05) is 0 Å². The van der Waals surface area contributed by atoms with Crippen molar-refractivity contribution < 1.29 is 14.6 Å². The topological polar surface area (TPSA) is 85.9 Å². The van der Waals surface area contributed by atoms with Crippen molar-refractivity contribution in [3.63, 3.8) is 0 Å². The Kier molecular flexibility index (Phi) is 7.17. The van der Waals surface area contributed by atoms with E-state index in [0.717, 1.165) is 22.5 Å². The zero-order chi connectivity index (χ0) is 25.5. The molecule has 180 valence electrons. The normalized spacial score (nSPS) is 16.6. The molecule has 0 saturated carbocycles. The second-order valence-corrected chi connectivity index (χ2v) is 8.16. The Hall–Kier alpha value is -4.83.